The quantitative estimate of drug-likeness (QED) is 0.0466. The maximum absolute atomic E-state index is 11.2. The van der Waals surface area contributed by atoms with Gasteiger partial charge in [-0.15, -0.1) is 27.6 Å². The average molecular weight is 740 g/mol. The Balaban J connectivity index is 1.62. The molecule has 0 amide bonds. The number of hydrogen-bond acceptors (Lipinski definition) is 7. The van der Waals surface area contributed by atoms with Gasteiger partial charge in [0.15, 0.2) is 0 Å². The van der Waals surface area contributed by atoms with E-state index in [2.05, 4.69) is 69.0 Å². The van der Waals surface area contributed by atoms with Crippen molar-refractivity contribution in [1.29, 1.82) is 0 Å². The van der Waals surface area contributed by atoms with Gasteiger partial charge in [-0.3, -0.25) is 0 Å². The second kappa shape index (κ2) is 22.2. The molecule has 9 heteroatoms. The van der Waals surface area contributed by atoms with E-state index >= 15 is 0 Å². The standard InChI is InChI=1S/C40H51O5PS3/c1-4-7-10-13-14-15-16-17-20-31-21-22-36(47-31)32-29-35(44-28-19-12-9-6-3)33(30-34(32)43-27-18-11-8-5-2)37-23-24-38(48-37)39-25-26-40(49-39)45-46(41)42/h21-26,29-30H,4-16,18-19,27-28H2,1-3H3/p+1. The van der Waals surface area contributed by atoms with Crippen LogP contribution in [0.4, 0.5) is 0 Å². The number of thiophene rings is 3. The van der Waals surface area contributed by atoms with Crippen molar-refractivity contribution in [1.82, 2.24) is 0 Å². The maximum Gasteiger partial charge on any atom is 0.748 e. The Morgan fingerprint density at radius 1 is 0.612 bits per heavy atom. The van der Waals surface area contributed by atoms with Crippen molar-refractivity contribution < 1.29 is 23.5 Å². The predicted octanol–water partition coefficient (Wildman–Crippen LogP) is 13.9. The van der Waals surface area contributed by atoms with E-state index < -0.39 is 8.25 Å². The summed E-state index contributed by atoms with van der Waals surface area (Å²) in [7, 11) is -2.69. The zero-order valence-corrected chi connectivity index (χ0v) is 32.7. The summed E-state index contributed by atoms with van der Waals surface area (Å²) in [6.07, 6.45) is 17.7. The lowest BCUT2D eigenvalue weighted by atomic mass is 10.1. The Hall–Kier alpha value is -2.66. The monoisotopic (exact) mass is 739 g/mol. The molecule has 0 saturated heterocycles. The minimum absolute atomic E-state index is 0.426. The molecule has 49 heavy (non-hydrogen) atoms. The van der Waals surface area contributed by atoms with Gasteiger partial charge in [-0.05, 0) is 67.8 Å². The lowest BCUT2D eigenvalue weighted by molar-refractivity contribution is 0.299. The lowest BCUT2D eigenvalue weighted by Crippen LogP contribution is -2.02. The summed E-state index contributed by atoms with van der Waals surface area (Å²) in [6.45, 7) is 8.03. The highest BCUT2D eigenvalue weighted by molar-refractivity contribution is 7.33. The molecule has 4 aromatic rings. The van der Waals surface area contributed by atoms with Crippen molar-refractivity contribution in [3.8, 4) is 59.0 Å². The minimum atomic E-state index is -2.69. The highest BCUT2D eigenvalue weighted by atomic mass is 32.1. The molecule has 0 bridgehead atoms. The van der Waals surface area contributed by atoms with Crippen LogP contribution in [0.3, 0.4) is 0 Å². The Morgan fingerprint density at radius 2 is 1.12 bits per heavy atom. The fraction of sp³-hybridized carbons (Fsp3) is 0.500. The Bertz CT molecular complexity index is 1630. The summed E-state index contributed by atoms with van der Waals surface area (Å²) < 4.78 is 29.3. The van der Waals surface area contributed by atoms with Gasteiger partial charge < -0.3 is 9.47 Å². The summed E-state index contributed by atoms with van der Waals surface area (Å²) in [5.41, 5.74) is 2.06. The van der Waals surface area contributed by atoms with Crippen LogP contribution >= 0.6 is 42.3 Å². The van der Waals surface area contributed by atoms with Crippen molar-refractivity contribution >= 4 is 42.3 Å². The van der Waals surface area contributed by atoms with Gasteiger partial charge in [0.05, 0.1) is 18.1 Å². The fourth-order valence-corrected chi connectivity index (χ4v) is 8.80. The summed E-state index contributed by atoms with van der Waals surface area (Å²) in [5, 5.41) is 0.426. The Labute approximate surface area is 307 Å². The van der Waals surface area contributed by atoms with E-state index in [0.29, 0.717) is 18.3 Å². The molecular weight excluding hydrogens is 688 g/mol. The van der Waals surface area contributed by atoms with Crippen molar-refractivity contribution in [3.63, 3.8) is 0 Å². The van der Waals surface area contributed by atoms with E-state index in [-0.39, 0.29) is 0 Å². The van der Waals surface area contributed by atoms with Gasteiger partial charge in [-0.2, -0.15) is 0 Å². The summed E-state index contributed by atoms with van der Waals surface area (Å²) in [4.78, 5) is 14.5. The van der Waals surface area contributed by atoms with Gasteiger partial charge in [-0.1, -0.05) is 115 Å². The van der Waals surface area contributed by atoms with E-state index in [1.165, 1.54) is 75.5 Å². The van der Waals surface area contributed by atoms with Crippen LogP contribution in [0.5, 0.6) is 16.6 Å². The summed E-state index contributed by atoms with van der Waals surface area (Å²) in [6, 6.07) is 16.5. The van der Waals surface area contributed by atoms with Crippen molar-refractivity contribution in [2.75, 3.05) is 13.2 Å². The van der Waals surface area contributed by atoms with Crippen LogP contribution in [0.15, 0.2) is 48.5 Å². The second-order valence-corrected chi connectivity index (χ2v) is 16.1. The van der Waals surface area contributed by atoms with Crippen LogP contribution in [0, 0.1) is 11.8 Å². The number of hydrogen-bond donors (Lipinski definition) is 1. The van der Waals surface area contributed by atoms with Gasteiger partial charge in [0.25, 0.3) is 0 Å². The van der Waals surface area contributed by atoms with E-state index in [0.717, 1.165) is 79.1 Å². The molecule has 0 aliphatic carbocycles. The molecule has 264 valence electrons. The highest BCUT2D eigenvalue weighted by Crippen LogP contribution is 2.47. The number of rotatable bonds is 23. The zero-order valence-electron chi connectivity index (χ0n) is 29.4. The maximum atomic E-state index is 11.2. The normalized spacial score (nSPS) is 11.3. The second-order valence-electron chi connectivity index (χ2n) is 12.3. The lowest BCUT2D eigenvalue weighted by Gasteiger charge is -2.17. The van der Waals surface area contributed by atoms with Crippen molar-refractivity contribution in [2.24, 2.45) is 0 Å². The molecule has 1 unspecified atom stereocenters. The van der Waals surface area contributed by atoms with Gasteiger partial charge in [0.2, 0.25) is 5.06 Å². The van der Waals surface area contributed by atoms with Crippen molar-refractivity contribution in [3.05, 3.63) is 53.4 Å². The third-order valence-electron chi connectivity index (χ3n) is 8.19. The zero-order chi connectivity index (χ0) is 34.7. The molecule has 3 heterocycles. The van der Waals surface area contributed by atoms with Crippen LogP contribution in [-0.2, 0) is 4.57 Å². The van der Waals surface area contributed by atoms with Crippen LogP contribution in [-0.4, -0.2) is 18.1 Å². The van der Waals surface area contributed by atoms with Gasteiger partial charge >= 0.3 is 8.25 Å². The van der Waals surface area contributed by atoms with E-state index in [4.69, 9.17) is 14.0 Å². The molecule has 1 atom stereocenters. The van der Waals surface area contributed by atoms with Crippen molar-refractivity contribution in [2.45, 2.75) is 117 Å². The molecule has 4 rings (SSSR count). The van der Waals surface area contributed by atoms with Crippen LogP contribution in [0.2, 0.25) is 0 Å². The third kappa shape index (κ3) is 13.2. The molecule has 0 spiro atoms. The topological polar surface area (TPSA) is 65.0 Å². The first-order valence-corrected chi connectivity index (χ1v) is 21.7. The average Bonchev–Trinajstić information content (AvgIpc) is 3.87. The van der Waals surface area contributed by atoms with Gasteiger partial charge in [0, 0.05) is 41.6 Å². The van der Waals surface area contributed by atoms with E-state index in [9.17, 15) is 9.46 Å². The molecule has 1 aromatic carbocycles. The number of benzene rings is 1. The first-order chi connectivity index (χ1) is 24.0. The predicted molar refractivity (Wildman–Crippen MR) is 211 cm³/mol. The Kier molecular flexibility index (Phi) is 17.7. The molecule has 0 fully saturated rings. The SMILES string of the molecule is CCCCCCCCC#Cc1ccc(-c2cc(OCCCCCC)c(-c3ccc(-c4ccc(O[P+](=O)O)s4)s3)cc2OCCCCCC)s1. The highest BCUT2D eigenvalue weighted by Gasteiger charge is 2.20. The third-order valence-corrected chi connectivity index (χ3v) is 12.0. The molecule has 0 saturated carbocycles. The van der Waals surface area contributed by atoms with Crippen LogP contribution in [0.1, 0.15) is 122 Å². The Morgan fingerprint density at radius 3 is 1.76 bits per heavy atom. The van der Waals surface area contributed by atoms with E-state index in [1.807, 2.05) is 6.07 Å². The largest absolute Gasteiger partial charge is 0.748 e. The summed E-state index contributed by atoms with van der Waals surface area (Å²) in [5.74, 6) is 8.55. The summed E-state index contributed by atoms with van der Waals surface area (Å²) >= 11 is 4.75. The fourth-order valence-electron chi connectivity index (χ4n) is 5.49. The molecule has 0 radical (unpaired) electrons. The first kappa shape index (κ1) is 39.1. The van der Waals surface area contributed by atoms with E-state index in [1.54, 1.807) is 28.7 Å². The molecule has 1 N–H and O–H groups in total. The first-order valence-electron chi connectivity index (χ1n) is 18.1. The number of ether oxygens (including phenoxy) is 2. The molecule has 0 aliphatic heterocycles. The van der Waals surface area contributed by atoms with Crippen LogP contribution in [0.25, 0.3) is 30.6 Å². The van der Waals surface area contributed by atoms with Gasteiger partial charge in [-0.25, -0.2) is 4.52 Å². The molecule has 3 aromatic heterocycles. The van der Waals surface area contributed by atoms with Gasteiger partial charge in [0.1, 0.15) is 11.5 Å². The smallest absolute Gasteiger partial charge is 0.493 e. The molecular formula is C40H52O5PS3+. The van der Waals surface area contributed by atoms with Crippen LogP contribution < -0.4 is 14.0 Å². The molecule has 5 nitrogen and oxygen atoms in total. The molecule has 0 aliphatic rings. The minimum Gasteiger partial charge on any atom is -0.493 e. The number of unbranched alkanes of at least 4 members (excludes halogenated alkanes) is 12.